The van der Waals surface area contributed by atoms with Gasteiger partial charge in [-0.15, -0.1) is 6.42 Å². The summed E-state index contributed by atoms with van der Waals surface area (Å²) < 4.78 is 5.35. The van der Waals surface area contributed by atoms with Crippen LogP contribution < -0.4 is 15.0 Å². The number of benzene rings is 2. The summed E-state index contributed by atoms with van der Waals surface area (Å²) in [5.74, 6) is 3.19. The molecule has 1 N–H and O–H groups in total. The molecule has 2 aromatic carbocycles. The first-order valence-electron chi connectivity index (χ1n) is 9.00. The molecular formula is C22H27N3O2. The fourth-order valence-corrected chi connectivity index (χ4v) is 2.54. The zero-order valence-corrected chi connectivity index (χ0v) is 16.0. The number of terminal acetylenes is 1. The summed E-state index contributed by atoms with van der Waals surface area (Å²) in [6, 6.07) is 17.8. The van der Waals surface area contributed by atoms with Crippen molar-refractivity contribution in [3.05, 3.63) is 60.2 Å². The lowest BCUT2D eigenvalue weighted by Gasteiger charge is -2.24. The van der Waals surface area contributed by atoms with Crippen LogP contribution in [0.1, 0.15) is 5.56 Å². The maximum Gasteiger partial charge on any atom is 0.317 e. The predicted molar refractivity (Wildman–Crippen MR) is 110 cm³/mol. The average Bonchev–Trinajstić information content (AvgIpc) is 2.71. The number of amides is 2. The second-order valence-electron chi connectivity index (χ2n) is 6.30. The molecule has 5 heteroatoms. The van der Waals surface area contributed by atoms with Gasteiger partial charge in [0.25, 0.3) is 0 Å². The molecule has 27 heavy (non-hydrogen) atoms. The van der Waals surface area contributed by atoms with Crippen LogP contribution in [0, 0.1) is 12.3 Å². The van der Waals surface area contributed by atoms with Crippen molar-refractivity contribution in [1.29, 1.82) is 0 Å². The number of para-hydroxylation sites is 1. The topological polar surface area (TPSA) is 44.8 Å². The first kappa shape index (κ1) is 20.2. The largest absolute Gasteiger partial charge is 0.481 e. The van der Waals surface area contributed by atoms with Gasteiger partial charge in [0.2, 0.25) is 0 Å². The third-order valence-electron chi connectivity index (χ3n) is 4.25. The van der Waals surface area contributed by atoms with Gasteiger partial charge < -0.3 is 19.9 Å². The number of anilines is 1. The van der Waals surface area contributed by atoms with Crippen molar-refractivity contribution in [3.63, 3.8) is 0 Å². The summed E-state index contributed by atoms with van der Waals surface area (Å²) in [7, 11) is 3.84. The highest BCUT2D eigenvalue weighted by Gasteiger charge is 2.09. The quantitative estimate of drug-likeness (QED) is 0.695. The average molecular weight is 365 g/mol. The van der Waals surface area contributed by atoms with E-state index in [1.165, 1.54) is 0 Å². The van der Waals surface area contributed by atoms with Gasteiger partial charge >= 0.3 is 6.03 Å². The van der Waals surface area contributed by atoms with E-state index in [-0.39, 0.29) is 12.6 Å². The molecule has 0 unspecified atom stereocenters. The Morgan fingerprint density at radius 3 is 2.44 bits per heavy atom. The third-order valence-corrected chi connectivity index (χ3v) is 4.25. The van der Waals surface area contributed by atoms with Gasteiger partial charge in [-0.1, -0.05) is 36.3 Å². The van der Waals surface area contributed by atoms with E-state index >= 15 is 0 Å². The molecule has 0 saturated heterocycles. The number of likely N-dealkylation sites (N-methyl/N-ethyl adjacent to an activating group) is 2. The van der Waals surface area contributed by atoms with E-state index in [0.29, 0.717) is 13.1 Å². The number of hydrogen-bond acceptors (Lipinski definition) is 3. The summed E-state index contributed by atoms with van der Waals surface area (Å²) >= 11 is 0. The maximum atomic E-state index is 12.2. The van der Waals surface area contributed by atoms with Crippen LogP contribution in [0.2, 0.25) is 0 Å². The highest BCUT2D eigenvalue weighted by Crippen LogP contribution is 2.12. The lowest BCUT2D eigenvalue weighted by Crippen LogP contribution is -2.41. The zero-order valence-electron chi connectivity index (χ0n) is 16.0. The van der Waals surface area contributed by atoms with Gasteiger partial charge in [-0.25, -0.2) is 4.79 Å². The molecule has 0 fully saturated rings. The molecule has 2 aromatic rings. The third kappa shape index (κ3) is 6.95. The zero-order chi connectivity index (χ0) is 19.5. The molecule has 142 valence electrons. The van der Waals surface area contributed by atoms with Crippen molar-refractivity contribution in [2.75, 3.05) is 45.2 Å². The Morgan fingerprint density at radius 1 is 1.07 bits per heavy atom. The molecule has 0 spiro atoms. The van der Waals surface area contributed by atoms with E-state index in [9.17, 15) is 4.79 Å². The monoisotopic (exact) mass is 365 g/mol. The lowest BCUT2D eigenvalue weighted by atomic mass is 10.1. The summed E-state index contributed by atoms with van der Waals surface area (Å²) in [6.07, 6.45) is 5.93. The Bertz CT molecular complexity index is 738. The molecule has 2 rings (SSSR count). The molecule has 0 aliphatic heterocycles. The Morgan fingerprint density at radius 2 is 1.78 bits per heavy atom. The standard InChI is InChI=1S/C22H27N3O2/c1-4-18-27-21-12-10-19(11-13-21)14-15-23-22(26)25(3)17-16-24(2)20-8-6-5-7-9-20/h1,5-13H,14-18H2,2-3H3,(H,23,26). The Hall–Kier alpha value is -3.13. The van der Waals surface area contributed by atoms with Crippen LogP contribution in [0.15, 0.2) is 54.6 Å². The van der Waals surface area contributed by atoms with Crippen LogP contribution in [0.4, 0.5) is 10.5 Å². The van der Waals surface area contributed by atoms with Gasteiger partial charge in [0, 0.05) is 39.4 Å². The molecular weight excluding hydrogens is 338 g/mol. The number of nitrogens with zero attached hydrogens (tertiary/aromatic N) is 2. The van der Waals surface area contributed by atoms with Gasteiger partial charge in [-0.05, 0) is 36.2 Å². The number of carbonyl (C=O) groups excluding carboxylic acids is 1. The first-order valence-corrected chi connectivity index (χ1v) is 9.00. The molecule has 0 saturated carbocycles. The molecule has 0 heterocycles. The van der Waals surface area contributed by atoms with E-state index < -0.39 is 0 Å². The number of nitrogens with one attached hydrogen (secondary N) is 1. The highest BCUT2D eigenvalue weighted by molar-refractivity contribution is 5.73. The summed E-state index contributed by atoms with van der Waals surface area (Å²) in [5, 5.41) is 2.95. The van der Waals surface area contributed by atoms with E-state index in [1.54, 1.807) is 4.90 Å². The van der Waals surface area contributed by atoms with E-state index in [4.69, 9.17) is 11.2 Å². The van der Waals surface area contributed by atoms with Crippen LogP contribution in [-0.2, 0) is 6.42 Å². The van der Waals surface area contributed by atoms with Crippen LogP contribution in [0.25, 0.3) is 0 Å². The van der Waals surface area contributed by atoms with Crippen molar-refractivity contribution in [3.8, 4) is 18.1 Å². The second kappa shape index (κ2) is 10.8. The minimum absolute atomic E-state index is 0.0644. The molecule has 0 aliphatic rings. The summed E-state index contributed by atoms with van der Waals surface area (Å²) in [6.45, 7) is 2.27. The molecule has 0 atom stereocenters. The van der Waals surface area contributed by atoms with Crippen molar-refractivity contribution >= 4 is 11.7 Å². The fourth-order valence-electron chi connectivity index (χ4n) is 2.54. The summed E-state index contributed by atoms with van der Waals surface area (Å²) in [5.41, 5.74) is 2.27. The SMILES string of the molecule is C#CCOc1ccc(CCNC(=O)N(C)CCN(C)c2ccccc2)cc1. The van der Waals surface area contributed by atoms with Crippen molar-refractivity contribution in [2.45, 2.75) is 6.42 Å². The smallest absolute Gasteiger partial charge is 0.317 e. The number of rotatable bonds is 9. The van der Waals surface area contributed by atoms with Gasteiger partial charge in [0.15, 0.2) is 0 Å². The molecule has 0 aromatic heterocycles. The Labute approximate surface area is 161 Å². The molecule has 0 bridgehead atoms. The van der Waals surface area contributed by atoms with Gasteiger partial charge in [0.1, 0.15) is 12.4 Å². The van der Waals surface area contributed by atoms with Crippen LogP contribution in [0.3, 0.4) is 0 Å². The number of hydrogen-bond donors (Lipinski definition) is 1. The first-order chi connectivity index (χ1) is 13.1. The maximum absolute atomic E-state index is 12.2. The minimum atomic E-state index is -0.0644. The summed E-state index contributed by atoms with van der Waals surface area (Å²) in [4.78, 5) is 16.0. The minimum Gasteiger partial charge on any atom is -0.481 e. The van der Waals surface area contributed by atoms with E-state index in [2.05, 4.69) is 28.3 Å². The van der Waals surface area contributed by atoms with Gasteiger partial charge in [-0.2, -0.15) is 0 Å². The second-order valence-corrected chi connectivity index (χ2v) is 6.30. The number of urea groups is 1. The number of carbonyl (C=O) groups is 1. The molecule has 5 nitrogen and oxygen atoms in total. The van der Waals surface area contributed by atoms with Crippen LogP contribution in [0.5, 0.6) is 5.75 Å². The van der Waals surface area contributed by atoms with Gasteiger partial charge in [0.05, 0.1) is 0 Å². The van der Waals surface area contributed by atoms with Crippen molar-refractivity contribution in [1.82, 2.24) is 10.2 Å². The van der Waals surface area contributed by atoms with E-state index in [1.807, 2.05) is 56.6 Å². The van der Waals surface area contributed by atoms with Gasteiger partial charge in [-0.3, -0.25) is 0 Å². The Balaban J connectivity index is 1.68. The molecule has 0 radical (unpaired) electrons. The predicted octanol–water partition coefficient (Wildman–Crippen LogP) is 3.02. The normalized spacial score (nSPS) is 9.96. The molecule has 2 amide bonds. The Kier molecular flexibility index (Phi) is 8.05. The van der Waals surface area contributed by atoms with Crippen molar-refractivity contribution < 1.29 is 9.53 Å². The fraction of sp³-hybridized carbons (Fsp3) is 0.318. The van der Waals surface area contributed by atoms with Crippen molar-refractivity contribution in [2.24, 2.45) is 0 Å². The lowest BCUT2D eigenvalue weighted by molar-refractivity contribution is 0.210. The van der Waals surface area contributed by atoms with Crippen LogP contribution >= 0.6 is 0 Å². The highest BCUT2D eigenvalue weighted by atomic mass is 16.5. The molecule has 0 aliphatic carbocycles. The van der Waals surface area contributed by atoms with E-state index in [0.717, 1.165) is 30.0 Å². The number of ether oxygens (including phenoxy) is 1. The van der Waals surface area contributed by atoms with Crippen LogP contribution in [-0.4, -0.2) is 51.3 Å².